The van der Waals surface area contributed by atoms with Crippen molar-refractivity contribution in [3.63, 3.8) is 0 Å². The number of phenols is 3. The molecule has 2 aromatic carbocycles. The molecule has 1 heterocycles. The summed E-state index contributed by atoms with van der Waals surface area (Å²) >= 11 is 0. The molecule has 0 bridgehead atoms. The number of carbonyl (C=O) groups excluding carboxylic acids is 1. The molecular formula is C31H38O5. The van der Waals surface area contributed by atoms with Crippen LogP contribution in [0.3, 0.4) is 0 Å². The van der Waals surface area contributed by atoms with E-state index in [1.54, 1.807) is 0 Å². The van der Waals surface area contributed by atoms with Gasteiger partial charge in [-0.2, -0.15) is 0 Å². The molecule has 1 aliphatic rings. The highest BCUT2D eigenvalue weighted by Gasteiger charge is 2.34. The van der Waals surface area contributed by atoms with Crippen molar-refractivity contribution in [2.75, 3.05) is 0 Å². The number of Topliss-reactive ketones (excluding diaryl/α,β-unsaturated/α-hetero) is 1. The Balaban J connectivity index is 1.91. The maximum atomic E-state index is 13.2. The zero-order chi connectivity index (χ0) is 26.6. The SMILES string of the molecule is CC(C)=CCC/C(C)=C/Cc1c(O)cc2c(c1O)C(=O)C[C@@H](c1ccc(C)c(O)c1CC=C(C)C)O2. The van der Waals surface area contributed by atoms with Gasteiger partial charge in [0.25, 0.3) is 0 Å². The summed E-state index contributed by atoms with van der Waals surface area (Å²) in [6.07, 6.45) is 8.24. The number of hydrogen-bond acceptors (Lipinski definition) is 5. The maximum Gasteiger partial charge on any atom is 0.174 e. The van der Waals surface area contributed by atoms with E-state index in [0.29, 0.717) is 18.4 Å². The lowest BCUT2D eigenvalue weighted by Crippen LogP contribution is -2.22. The number of aryl methyl sites for hydroxylation is 1. The van der Waals surface area contributed by atoms with Crippen LogP contribution in [0.15, 0.2) is 53.1 Å². The topological polar surface area (TPSA) is 87.0 Å². The summed E-state index contributed by atoms with van der Waals surface area (Å²) in [4.78, 5) is 13.2. The molecule has 2 aromatic rings. The van der Waals surface area contributed by atoms with Crippen molar-refractivity contribution in [1.29, 1.82) is 0 Å². The maximum absolute atomic E-state index is 13.2. The van der Waals surface area contributed by atoms with Crippen LogP contribution >= 0.6 is 0 Å². The Morgan fingerprint density at radius 2 is 1.61 bits per heavy atom. The Morgan fingerprint density at radius 3 is 2.28 bits per heavy atom. The van der Waals surface area contributed by atoms with Crippen LogP contribution in [-0.4, -0.2) is 21.1 Å². The number of phenolic OH excluding ortho intramolecular Hbond substituents is 3. The van der Waals surface area contributed by atoms with Crippen molar-refractivity contribution in [1.82, 2.24) is 0 Å². The first-order valence-electron chi connectivity index (χ1n) is 12.5. The summed E-state index contributed by atoms with van der Waals surface area (Å²) < 4.78 is 6.15. The Hall–Kier alpha value is -3.47. The lowest BCUT2D eigenvalue weighted by Gasteiger charge is -2.29. The first kappa shape index (κ1) is 27.1. The van der Waals surface area contributed by atoms with E-state index in [1.165, 1.54) is 11.6 Å². The Morgan fingerprint density at radius 1 is 0.944 bits per heavy atom. The van der Waals surface area contributed by atoms with Crippen molar-refractivity contribution in [2.45, 2.75) is 79.8 Å². The van der Waals surface area contributed by atoms with Gasteiger partial charge >= 0.3 is 0 Å². The summed E-state index contributed by atoms with van der Waals surface area (Å²) in [5.41, 5.74) is 6.17. The number of aromatic hydroxyl groups is 3. The number of ketones is 1. The summed E-state index contributed by atoms with van der Waals surface area (Å²) in [5.74, 6) is -0.229. The average molecular weight is 491 g/mol. The van der Waals surface area contributed by atoms with Gasteiger partial charge in [0.1, 0.15) is 34.7 Å². The van der Waals surface area contributed by atoms with Crippen molar-refractivity contribution >= 4 is 5.78 Å². The molecule has 0 unspecified atom stereocenters. The van der Waals surface area contributed by atoms with Crippen LogP contribution in [0.4, 0.5) is 0 Å². The quantitative estimate of drug-likeness (QED) is 0.332. The lowest BCUT2D eigenvalue weighted by molar-refractivity contribution is 0.0843. The first-order valence-corrected chi connectivity index (χ1v) is 12.5. The molecule has 0 radical (unpaired) electrons. The van der Waals surface area contributed by atoms with E-state index in [1.807, 2.05) is 52.0 Å². The molecule has 5 nitrogen and oxygen atoms in total. The second-order valence-corrected chi connectivity index (χ2v) is 10.2. The number of carbonyl (C=O) groups is 1. The monoisotopic (exact) mass is 490 g/mol. The third-order valence-electron chi connectivity index (χ3n) is 6.59. The highest BCUT2D eigenvalue weighted by Crippen LogP contribution is 2.46. The van der Waals surface area contributed by atoms with E-state index in [9.17, 15) is 20.1 Å². The molecule has 0 saturated heterocycles. The van der Waals surface area contributed by atoms with E-state index in [0.717, 1.165) is 40.7 Å². The predicted octanol–water partition coefficient (Wildman–Crippen LogP) is 7.56. The average Bonchev–Trinajstić information content (AvgIpc) is 2.78. The molecule has 36 heavy (non-hydrogen) atoms. The van der Waals surface area contributed by atoms with Gasteiger partial charge in [-0.05, 0) is 78.4 Å². The molecule has 3 N–H and O–H groups in total. The van der Waals surface area contributed by atoms with E-state index < -0.39 is 6.10 Å². The van der Waals surface area contributed by atoms with Gasteiger partial charge in [-0.3, -0.25) is 4.79 Å². The smallest absolute Gasteiger partial charge is 0.174 e. The molecule has 0 aliphatic carbocycles. The molecular weight excluding hydrogens is 452 g/mol. The van der Waals surface area contributed by atoms with Crippen LogP contribution in [-0.2, 0) is 12.8 Å². The van der Waals surface area contributed by atoms with Gasteiger partial charge in [-0.1, -0.05) is 47.1 Å². The van der Waals surface area contributed by atoms with Crippen molar-refractivity contribution in [2.24, 2.45) is 0 Å². The number of fused-ring (bicyclic) bond motifs is 1. The third kappa shape index (κ3) is 6.20. The van der Waals surface area contributed by atoms with Gasteiger partial charge in [0, 0.05) is 17.2 Å². The van der Waals surface area contributed by atoms with Gasteiger partial charge < -0.3 is 20.1 Å². The van der Waals surface area contributed by atoms with Crippen LogP contribution in [0.1, 0.15) is 92.6 Å². The summed E-state index contributed by atoms with van der Waals surface area (Å²) in [6, 6.07) is 5.11. The second-order valence-electron chi connectivity index (χ2n) is 10.2. The zero-order valence-electron chi connectivity index (χ0n) is 22.2. The van der Waals surface area contributed by atoms with Gasteiger partial charge in [-0.25, -0.2) is 0 Å². The Kier molecular flexibility index (Phi) is 8.67. The summed E-state index contributed by atoms with van der Waals surface area (Å²) in [6.45, 7) is 12.0. The molecule has 0 fully saturated rings. The fourth-order valence-corrected chi connectivity index (χ4v) is 4.43. The van der Waals surface area contributed by atoms with Gasteiger partial charge in [0.15, 0.2) is 5.78 Å². The van der Waals surface area contributed by atoms with Gasteiger partial charge in [0.05, 0.1) is 6.42 Å². The van der Waals surface area contributed by atoms with Crippen molar-refractivity contribution in [3.05, 3.63) is 81.0 Å². The van der Waals surface area contributed by atoms with Crippen molar-refractivity contribution < 1.29 is 24.9 Å². The highest BCUT2D eigenvalue weighted by molar-refractivity contribution is 6.03. The predicted molar refractivity (Wildman–Crippen MR) is 144 cm³/mol. The Bertz CT molecular complexity index is 1240. The number of benzene rings is 2. The van der Waals surface area contributed by atoms with E-state index >= 15 is 0 Å². The molecule has 0 saturated carbocycles. The number of rotatable bonds is 8. The van der Waals surface area contributed by atoms with Crippen LogP contribution in [0, 0.1) is 6.92 Å². The molecule has 0 aromatic heterocycles. The van der Waals surface area contributed by atoms with Crippen LogP contribution in [0.25, 0.3) is 0 Å². The normalized spacial score (nSPS) is 15.2. The second kappa shape index (κ2) is 11.5. The molecule has 1 atom stereocenters. The van der Waals surface area contributed by atoms with Gasteiger partial charge in [-0.15, -0.1) is 0 Å². The first-order chi connectivity index (χ1) is 17.0. The minimum Gasteiger partial charge on any atom is -0.507 e. The fourth-order valence-electron chi connectivity index (χ4n) is 4.43. The molecule has 192 valence electrons. The molecule has 1 aliphatic heterocycles. The Labute approximate surface area is 214 Å². The van der Waals surface area contributed by atoms with E-state index in [2.05, 4.69) is 19.9 Å². The number of allylic oxidation sites excluding steroid dienone is 6. The number of hydrogen-bond donors (Lipinski definition) is 3. The largest absolute Gasteiger partial charge is 0.507 e. The summed E-state index contributed by atoms with van der Waals surface area (Å²) in [7, 11) is 0. The van der Waals surface area contributed by atoms with E-state index in [-0.39, 0.29) is 40.8 Å². The van der Waals surface area contributed by atoms with Crippen LogP contribution in [0.2, 0.25) is 0 Å². The third-order valence-corrected chi connectivity index (χ3v) is 6.59. The van der Waals surface area contributed by atoms with Gasteiger partial charge in [0.2, 0.25) is 0 Å². The van der Waals surface area contributed by atoms with Crippen LogP contribution < -0.4 is 4.74 Å². The fraction of sp³-hybridized carbons (Fsp3) is 0.387. The van der Waals surface area contributed by atoms with E-state index in [4.69, 9.17) is 4.74 Å². The molecule has 0 amide bonds. The minimum atomic E-state index is -0.626. The zero-order valence-corrected chi connectivity index (χ0v) is 22.2. The summed E-state index contributed by atoms with van der Waals surface area (Å²) in [5, 5.41) is 32.4. The molecule has 0 spiro atoms. The molecule has 5 heteroatoms. The van der Waals surface area contributed by atoms with Crippen LogP contribution in [0.5, 0.6) is 23.0 Å². The standard InChI is InChI=1S/C31H38O5/c1-18(2)8-7-9-20(5)11-14-24-25(32)16-28-29(31(24)35)26(33)17-27(36-28)22-15-12-21(6)30(34)23(22)13-10-19(3)4/h8,10-12,15-16,27,32,34-35H,7,9,13-14,17H2,1-6H3/b20-11+/t27-/m0/s1. The lowest BCUT2D eigenvalue weighted by atomic mass is 9.89. The minimum absolute atomic E-state index is 0.0344. The number of ether oxygens (including phenoxy) is 1. The highest BCUT2D eigenvalue weighted by atomic mass is 16.5. The molecule has 3 rings (SSSR count). The van der Waals surface area contributed by atoms with Crippen molar-refractivity contribution in [3.8, 4) is 23.0 Å².